The van der Waals surface area contributed by atoms with Crippen LogP contribution < -0.4 is 0 Å². The molecule has 0 bridgehead atoms. The van der Waals surface area contributed by atoms with Gasteiger partial charge in [0.1, 0.15) is 11.2 Å². The minimum absolute atomic E-state index is 0.0577. The van der Waals surface area contributed by atoms with Crippen molar-refractivity contribution in [2.24, 2.45) is 0 Å². The van der Waals surface area contributed by atoms with Gasteiger partial charge in [-0.25, -0.2) is 0 Å². The van der Waals surface area contributed by atoms with Crippen LogP contribution in [0.5, 0.6) is 0 Å². The number of hydrogen-bond acceptors (Lipinski definition) is 1. The summed E-state index contributed by atoms with van der Waals surface area (Å²) in [6.07, 6.45) is 0. The largest absolute Gasteiger partial charge is 0.455 e. The van der Waals surface area contributed by atoms with Gasteiger partial charge in [-0.3, -0.25) is 0 Å². The first kappa shape index (κ1) is 16.7. The van der Waals surface area contributed by atoms with Gasteiger partial charge in [-0.15, -0.1) is 0 Å². The van der Waals surface area contributed by atoms with Crippen LogP contribution in [-0.4, -0.2) is 0 Å². The molecule has 43 heavy (non-hydrogen) atoms. The Kier molecular flexibility index (Phi) is 3.67. The summed E-state index contributed by atoms with van der Waals surface area (Å²) in [5, 5.41) is 3.30. The van der Waals surface area contributed by atoms with Gasteiger partial charge in [-0.2, -0.15) is 0 Å². The molecule has 0 aliphatic carbocycles. The lowest BCUT2D eigenvalue weighted by molar-refractivity contribution is 0.673. The van der Waals surface area contributed by atoms with Crippen molar-refractivity contribution in [2.75, 3.05) is 0 Å². The van der Waals surface area contributed by atoms with Crippen LogP contribution in [0.1, 0.15) is 12.3 Å². The first-order valence-electron chi connectivity index (χ1n) is 18.5. The first-order valence-corrected chi connectivity index (χ1v) is 14.0. The fourth-order valence-corrected chi connectivity index (χ4v) is 6.35. The van der Waals surface area contributed by atoms with Gasteiger partial charge < -0.3 is 4.42 Å². The summed E-state index contributed by atoms with van der Waals surface area (Å²) >= 11 is 0. The predicted octanol–water partition coefficient (Wildman–Crippen LogP) is 12.0. The molecule has 0 aliphatic heterocycles. The molecule has 0 aliphatic rings. The number of hydrogen-bond donors (Lipinski definition) is 0. The van der Waals surface area contributed by atoms with Crippen LogP contribution in [-0.2, 0) is 0 Å². The van der Waals surface area contributed by atoms with E-state index in [2.05, 4.69) is 30.3 Å². The number of furan rings is 1. The Morgan fingerprint density at radius 3 is 1.86 bits per heavy atom. The quantitative estimate of drug-likeness (QED) is 0.198. The average Bonchev–Trinajstić information content (AvgIpc) is 3.57. The maximum Gasteiger partial charge on any atom is 0.143 e. The molecule has 9 rings (SSSR count). The highest BCUT2D eigenvalue weighted by Crippen LogP contribution is 2.47. The van der Waals surface area contributed by atoms with Crippen molar-refractivity contribution in [3.05, 3.63) is 158 Å². The summed E-state index contributed by atoms with van der Waals surface area (Å²) in [7, 11) is 0. The van der Waals surface area contributed by atoms with Crippen molar-refractivity contribution in [2.45, 2.75) is 0 Å². The van der Waals surface area contributed by atoms with Crippen LogP contribution in [0.3, 0.4) is 0 Å². The zero-order valence-electron chi connectivity index (χ0n) is 31.7. The third-order valence-electron chi connectivity index (χ3n) is 8.19. The highest BCUT2D eigenvalue weighted by molar-refractivity contribution is 6.27. The summed E-state index contributed by atoms with van der Waals surface area (Å²) in [5.41, 5.74) is 4.78. The summed E-state index contributed by atoms with van der Waals surface area (Å²) in [4.78, 5) is 0. The van der Waals surface area contributed by atoms with Crippen molar-refractivity contribution in [3.63, 3.8) is 0 Å². The summed E-state index contributed by atoms with van der Waals surface area (Å²) in [6, 6.07) is 30.4. The van der Waals surface area contributed by atoms with Crippen LogP contribution in [0.2, 0.25) is 0 Å². The zero-order valence-corrected chi connectivity index (χ0v) is 22.7. The fraction of sp³-hybridized carbons (Fsp3) is 0. The smallest absolute Gasteiger partial charge is 0.143 e. The van der Waals surface area contributed by atoms with Crippen LogP contribution in [0, 0.1) is 0 Å². The van der Waals surface area contributed by atoms with E-state index < -0.39 is 36.3 Å². The third-order valence-corrected chi connectivity index (χ3v) is 8.19. The van der Waals surface area contributed by atoms with Gasteiger partial charge in [0.15, 0.2) is 0 Å². The zero-order chi connectivity index (χ0) is 36.2. The lowest BCUT2D eigenvalue weighted by Crippen LogP contribution is -1.91. The van der Waals surface area contributed by atoms with Crippen molar-refractivity contribution in [1.82, 2.24) is 0 Å². The highest BCUT2D eigenvalue weighted by atomic mass is 16.3. The molecule has 0 saturated heterocycles. The molecule has 0 unspecified atom stereocenters. The number of benzene rings is 8. The first-order chi connectivity index (χ1) is 25.1. The Hall–Kier alpha value is -5.66. The monoisotopic (exact) mass is 555 g/mol. The molecular formula is C42H26O. The summed E-state index contributed by atoms with van der Waals surface area (Å²) in [6.45, 7) is 0. The van der Waals surface area contributed by atoms with Gasteiger partial charge in [0.25, 0.3) is 0 Å². The van der Waals surface area contributed by atoms with Crippen LogP contribution in [0.15, 0.2) is 162 Å². The van der Waals surface area contributed by atoms with Crippen molar-refractivity contribution in [3.8, 4) is 33.4 Å². The van der Waals surface area contributed by atoms with E-state index in [9.17, 15) is 2.74 Å². The van der Waals surface area contributed by atoms with E-state index in [0.29, 0.717) is 5.56 Å². The number of fused-ring (bicyclic) bond motifs is 7. The average molecular weight is 556 g/mol. The second-order valence-corrected chi connectivity index (χ2v) is 10.5. The third kappa shape index (κ3) is 3.65. The molecule has 0 fully saturated rings. The molecule has 1 nitrogen and oxygen atoms in total. The van der Waals surface area contributed by atoms with Crippen molar-refractivity contribution in [1.29, 1.82) is 0 Å². The molecule has 0 radical (unpaired) electrons. The summed E-state index contributed by atoms with van der Waals surface area (Å²) < 4.78 is 85.7. The van der Waals surface area contributed by atoms with E-state index in [1.54, 1.807) is 0 Å². The van der Waals surface area contributed by atoms with E-state index >= 15 is 0 Å². The van der Waals surface area contributed by atoms with E-state index in [1.165, 1.54) is 0 Å². The standard InChI is InChI=1S/C42H26O/c1-2-12-27(13-3-1)29-15-10-16-30(26-29)39-32-18-6-8-20-34(32)40(35-21-9-7-19-33(35)39)36-22-11-23-38-41(36)37-25-24-28-14-4-5-17-31(28)42(37)43-38/h1-26H/i4D,5D,11D,14D,17D,22D,23D,24D,25D. The van der Waals surface area contributed by atoms with Gasteiger partial charge in [0.05, 0.1) is 12.3 Å². The Morgan fingerprint density at radius 2 is 1.09 bits per heavy atom. The second kappa shape index (κ2) is 9.44. The Balaban J connectivity index is 1.48. The Bertz CT molecular complexity index is 2950. The molecule has 0 atom stereocenters. The number of rotatable bonds is 3. The normalized spacial score (nSPS) is 14.7. The predicted molar refractivity (Wildman–Crippen MR) is 183 cm³/mol. The van der Waals surface area contributed by atoms with Crippen molar-refractivity contribution < 1.29 is 16.8 Å². The van der Waals surface area contributed by atoms with Gasteiger partial charge in [-0.1, -0.05) is 139 Å². The van der Waals surface area contributed by atoms with Gasteiger partial charge in [0.2, 0.25) is 0 Å². The van der Waals surface area contributed by atoms with Crippen LogP contribution in [0.25, 0.3) is 87.6 Å². The molecule has 0 saturated carbocycles. The van der Waals surface area contributed by atoms with E-state index in [4.69, 9.17) is 14.0 Å². The van der Waals surface area contributed by atoms with Crippen LogP contribution >= 0.6 is 0 Å². The molecule has 0 spiro atoms. The Labute approximate surface area is 261 Å². The molecular weight excluding hydrogens is 520 g/mol. The molecule has 0 N–H and O–H groups in total. The molecule has 9 aromatic rings. The molecule has 8 aromatic carbocycles. The lowest BCUT2D eigenvalue weighted by Gasteiger charge is -2.18. The molecule has 1 heteroatoms. The minimum atomic E-state index is -0.531. The van der Waals surface area contributed by atoms with E-state index in [1.807, 2.05) is 72.8 Å². The molecule has 1 aromatic heterocycles. The summed E-state index contributed by atoms with van der Waals surface area (Å²) in [5.74, 6) is 0. The maximum absolute atomic E-state index is 9.41. The van der Waals surface area contributed by atoms with Gasteiger partial charge >= 0.3 is 0 Å². The minimum Gasteiger partial charge on any atom is -0.455 e. The van der Waals surface area contributed by atoms with Crippen LogP contribution in [0.4, 0.5) is 0 Å². The van der Waals surface area contributed by atoms with Gasteiger partial charge in [0, 0.05) is 16.2 Å². The second-order valence-electron chi connectivity index (χ2n) is 10.5. The maximum atomic E-state index is 9.41. The lowest BCUT2D eigenvalue weighted by atomic mass is 9.84. The highest BCUT2D eigenvalue weighted by Gasteiger charge is 2.20. The van der Waals surface area contributed by atoms with Gasteiger partial charge in [-0.05, 0) is 78.5 Å². The molecule has 200 valence electrons. The Morgan fingerprint density at radius 1 is 0.442 bits per heavy atom. The molecule has 1 heterocycles. The topological polar surface area (TPSA) is 13.1 Å². The SMILES string of the molecule is [2H]c1c([2H])c(-c2c3ccccc3c(-c3cccc(-c4ccccc4)c3)c3ccccc23)c2c(oc3c4c([2H])c([2H])c([2H])c([2H])c4c([2H])c([2H])c32)c1[2H]. The fourth-order valence-electron chi connectivity index (χ4n) is 6.35. The van der Waals surface area contributed by atoms with E-state index in [0.717, 1.165) is 43.8 Å². The molecule has 0 amide bonds. The van der Waals surface area contributed by atoms with Crippen molar-refractivity contribution >= 4 is 54.3 Å². The van der Waals surface area contributed by atoms with E-state index in [-0.39, 0.29) is 56.4 Å².